The number of rotatable bonds is 7. The van der Waals surface area contributed by atoms with Gasteiger partial charge in [-0.15, -0.1) is 15.3 Å². The molecule has 0 radical (unpaired) electrons. The predicted octanol–water partition coefficient (Wildman–Crippen LogP) is 2.98. The summed E-state index contributed by atoms with van der Waals surface area (Å²) in [6.45, 7) is 7.80. The van der Waals surface area contributed by atoms with Crippen LogP contribution in [0.2, 0.25) is 0 Å². The molecule has 10 nitrogen and oxygen atoms in total. The molecule has 10 heteroatoms. The molecule has 1 N–H and O–H groups in total. The Balaban J connectivity index is 1.43. The number of carbonyl (C=O) groups is 2. The highest BCUT2D eigenvalue weighted by molar-refractivity contribution is 5.93. The smallest absolute Gasteiger partial charge is 0.338 e. The van der Waals surface area contributed by atoms with Crippen LogP contribution < -0.4 is 5.32 Å². The highest BCUT2D eigenvalue weighted by Crippen LogP contribution is 2.19. The molecule has 0 bridgehead atoms. The van der Waals surface area contributed by atoms with Crippen molar-refractivity contribution in [2.45, 2.75) is 40.5 Å². The van der Waals surface area contributed by atoms with E-state index in [-0.39, 0.29) is 11.9 Å². The van der Waals surface area contributed by atoms with E-state index in [2.05, 4.69) is 25.7 Å². The van der Waals surface area contributed by atoms with Crippen LogP contribution >= 0.6 is 0 Å². The second-order valence-electron chi connectivity index (χ2n) is 7.62. The molecule has 0 saturated carbocycles. The standard InChI is InChI=1S/C23H25N7O3/c1-5-33-23(32)17-6-8-18(9-7-17)24-22(31)13-10-19-14(2)27-29(15(19)3)21-12-11-20-26-25-16(4)30(20)28-21/h6-9,11-12H,5,10,13H2,1-4H3,(H,24,31). The molecular formula is C23H25N7O3. The van der Waals surface area contributed by atoms with Crippen molar-refractivity contribution in [2.24, 2.45) is 0 Å². The molecule has 1 amide bonds. The molecule has 3 heterocycles. The number of carbonyl (C=O) groups excluding carboxylic acids is 2. The minimum absolute atomic E-state index is 0.120. The first-order valence-electron chi connectivity index (χ1n) is 10.7. The Morgan fingerprint density at radius 1 is 1.00 bits per heavy atom. The maximum atomic E-state index is 12.5. The van der Waals surface area contributed by atoms with Crippen molar-refractivity contribution < 1.29 is 14.3 Å². The molecule has 1 aromatic carbocycles. The summed E-state index contributed by atoms with van der Waals surface area (Å²) in [7, 11) is 0. The Morgan fingerprint density at radius 3 is 2.48 bits per heavy atom. The lowest BCUT2D eigenvalue weighted by Crippen LogP contribution is -2.13. The largest absolute Gasteiger partial charge is 0.462 e. The minimum Gasteiger partial charge on any atom is -0.462 e. The number of ether oxygens (including phenoxy) is 1. The maximum absolute atomic E-state index is 12.5. The number of fused-ring (bicyclic) bond motifs is 1. The number of benzene rings is 1. The van der Waals surface area contributed by atoms with E-state index in [1.807, 2.05) is 32.9 Å². The number of nitrogens with one attached hydrogen (secondary N) is 1. The Hall–Kier alpha value is -4.08. The van der Waals surface area contributed by atoms with E-state index in [1.165, 1.54) is 0 Å². The summed E-state index contributed by atoms with van der Waals surface area (Å²) in [6.07, 6.45) is 0.836. The molecule has 0 aliphatic rings. The summed E-state index contributed by atoms with van der Waals surface area (Å²) >= 11 is 0. The average Bonchev–Trinajstić information content (AvgIpc) is 3.31. The minimum atomic E-state index is -0.383. The molecule has 4 aromatic rings. The summed E-state index contributed by atoms with van der Waals surface area (Å²) in [5.74, 6) is 0.848. The highest BCUT2D eigenvalue weighted by Gasteiger charge is 2.16. The van der Waals surface area contributed by atoms with Crippen molar-refractivity contribution in [3.63, 3.8) is 0 Å². The summed E-state index contributed by atoms with van der Waals surface area (Å²) < 4.78 is 8.42. The van der Waals surface area contributed by atoms with Crippen LogP contribution in [0.25, 0.3) is 11.5 Å². The molecule has 3 aromatic heterocycles. The lowest BCUT2D eigenvalue weighted by molar-refractivity contribution is -0.116. The third-order valence-electron chi connectivity index (χ3n) is 5.34. The van der Waals surface area contributed by atoms with Crippen LogP contribution in [-0.2, 0) is 16.0 Å². The van der Waals surface area contributed by atoms with Crippen molar-refractivity contribution in [1.29, 1.82) is 0 Å². The fourth-order valence-electron chi connectivity index (χ4n) is 3.63. The molecule has 4 rings (SSSR count). The Labute approximate surface area is 190 Å². The Bertz CT molecular complexity index is 1320. The monoisotopic (exact) mass is 447 g/mol. The van der Waals surface area contributed by atoms with Gasteiger partial charge in [-0.3, -0.25) is 4.79 Å². The van der Waals surface area contributed by atoms with Gasteiger partial charge in [0, 0.05) is 17.8 Å². The summed E-state index contributed by atoms with van der Waals surface area (Å²) in [4.78, 5) is 24.2. The van der Waals surface area contributed by atoms with Crippen molar-refractivity contribution in [3.8, 4) is 5.82 Å². The molecule has 0 atom stereocenters. The van der Waals surface area contributed by atoms with Gasteiger partial charge in [-0.2, -0.15) is 9.61 Å². The van der Waals surface area contributed by atoms with Gasteiger partial charge in [0.05, 0.1) is 17.9 Å². The molecule has 0 fully saturated rings. The van der Waals surface area contributed by atoms with Crippen molar-refractivity contribution in [1.82, 2.24) is 29.6 Å². The third kappa shape index (κ3) is 4.59. The molecule has 0 saturated heterocycles. The molecule has 33 heavy (non-hydrogen) atoms. The summed E-state index contributed by atoms with van der Waals surface area (Å²) in [5, 5.41) is 20.2. The van der Waals surface area contributed by atoms with Gasteiger partial charge in [-0.05, 0) is 76.1 Å². The van der Waals surface area contributed by atoms with Crippen molar-refractivity contribution in [3.05, 3.63) is 64.7 Å². The second-order valence-corrected chi connectivity index (χ2v) is 7.62. The van der Waals surface area contributed by atoms with Crippen molar-refractivity contribution in [2.75, 3.05) is 11.9 Å². The van der Waals surface area contributed by atoms with Gasteiger partial charge in [0.15, 0.2) is 17.3 Å². The van der Waals surface area contributed by atoms with Gasteiger partial charge in [-0.1, -0.05) is 0 Å². The SMILES string of the molecule is CCOC(=O)c1ccc(NC(=O)CCc2c(C)nn(-c3ccc4nnc(C)n4n3)c2C)cc1. The van der Waals surface area contributed by atoms with E-state index < -0.39 is 0 Å². The normalized spacial score (nSPS) is 11.0. The van der Waals surface area contributed by atoms with Gasteiger partial charge in [0.2, 0.25) is 5.91 Å². The number of esters is 1. The predicted molar refractivity (Wildman–Crippen MR) is 121 cm³/mol. The van der Waals surface area contributed by atoms with Crippen LogP contribution in [0.4, 0.5) is 5.69 Å². The molecule has 0 aliphatic carbocycles. The number of aromatic nitrogens is 6. The van der Waals surface area contributed by atoms with E-state index in [9.17, 15) is 9.59 Å². The molecule has 0 aliphatic heterocycles. The molecular weight excluding hydrogens is 422 g/mol. The number of nitrogens with zero attached hydrogens (tertiary/aromatic N) is 6. The van der Waals surface area contributed by atoms with Gasteiger partial charge in [-0.25, -0.2) is 9.48 Å². The van der Waals surface area contributed by atoms with E-state index in [0.717, 1.165) is 17.0 Å². The quantitative estimate of drug-likeness (QED) is 0.433. The fourth-order valence-corrected chi connectivity index (χ4v) is 3.63. The van der Waals surface area contributed by atoms with Crippen molar-refractivity contribution >= 4 is 23.2 Å². The number of hydrogen-bond acceptors (Lipinski definition) is 7. The molecule has 170 valence electrons. The highest BCUT2D eigenvalue weighted by atomic mass is 16.5. The zero-order valence-electron chi connectivity index (χ0n) is 19.0. The van der Waals surface area contributed by atoms with Crippen LogP contribution in [0.5, 0.6) is 0 Å². The summed E-state index contributed by atoms with van der Waals surface area (Å²) in [6, 6.07) is 10.3. The van der Waals surface area contributed by atoms with Gasteiger partial charge >= 0.3 is 5.97 Å². The maximum Gasteiger partial charge on any atom is 0.338 e. The zero-order valence-corrected chi connectivity index (χ0v) is 19.0. The Kier molecular flexibility index (Phi) is 6.16. The van der Waals surface area contributed by atoms with Gasteiger partial charge in [0.25, 0.3) is 0 Å². The molecule has 0 spiro atoms. The lowest BCUT2D eigenvalue weighted by atomic mass is 10.1. The van der Waals surface area contributed by atoms with Crippen LogP contribution in [0, 0.1) is 20.8 Å². The third-order valence-corrected chi connectivity index (χ3v) is 5.34. The first kappa shape index (κ1) is 22.1. The number of aryl methyl sites for hydroxylation is 2. The molecule has 0 unspecified atom stereocenters. The number of hydrogen-bond donors (Lipinski definition) is 1. The number of amides is 1. The van der Waals surface area contributed by atoms with Crippen LogP contribution in [0.3, 0.4) is 0 Å². The second kappa shape index (κ2) is 9.19. The topological polar surface area (TPSA) is 116 Å². The Morgan fingerprint density at radius 2 is 1.76 bits per heavy atom. The van der Waals surface area contributed by atoms with E-state index in [1.54, 1.807) is 40.4 Å². The van der Waals surface area contributed by atoms with Gasteiger partial charge in [0.1, 0.15) is 0 Å². The van der Waals surface area contributed by atoms with E-state index >= 15 is 0 Å². The lowest BCUT2D eigenvalue weighted by Gasteiger charge is -2.07. The van der Waals surface area contributed by atoms with Crippen LogP contribution in [0.1, 0.15) is 46.5 Å². The van der Waals surface area contributed by atoms with E-state index in [4.69, 9.17) is 4.74 Å². The zero-order chi connectivity index (χ0) is 23.5. The van der Waals surface area contributed by atoms with E-state index in [0.29, 0.717) is 48.0 Å². The van der Waals surface area contributed by atoms with Gasteiger partial charge < -0.3 is 10.1 Å². The van der Waals surface area contributed by atoms with Crippen LogP contribution in [0.15, 0.2) is 36.4 Å². The average molecular weight is 447 g/mol. The summed E-state index contributed by atoms with van der Waals surface area (Å²) in [5.41, 5.74) is 4.52. The van der Waals surface area contributed by atoms with Crippen LogP contribution in [-0.4, -0.2) is 48.1 Å². The number of anilines is 1. The fraction of sp³-hybridized carbons (Fsp3) is 0.304. The first-order chi connectivity index (χ1) is 15.9. The first-order valence-corrected chi connectivity index (χ1v) is 10.7.